The second-order valence-corrected chi connectivity index (χ2v) is 7.53. The maximum Gasteiger partial charge on any atom is 0.224 e. The molecule has 1 unspecified atom stereocenters. The molecule has 2 N–H and O–H groups in total. The maximum atomic E-state index is 13.9. The van der Waals surface area contributed by atoms with Crippen molar-refractivity contribution in [2.75, 3.05) is 6.54 Å². The minimum Gasteiger partial charge on any atom is -0.334 e. The summed E-state index contributed by atoms with van der Waals surface area (Å²) in [6.07, 6.45) is 4.30. The van der Waals surface area contributed by atoms with E-state index in [4.69, 9.17) is 10.8 Å². The van der Waals surface area contributed by atoms with Gasteiger partial charge in [0.05, 0.1) is 17.4 Å². The number of nitrogens with zero attached hydrogens (tertiary/aromatic N) is 3. The Morgan fingerprint density at radius 3 is 2.69 bits per heavy atom. The van der Waals surface area contributed by atoms with Gasteiger partial charge in [0.2, 0.25) is 5.91 Å². The number of likely N-dealkylation sites (tertiary alicyclic amines) is 1. The number of halogens is 1. The number of hydrogen-bond acceptors (Lipinski definition) is 3. The molecule has 1 aromatic heterocycles. The van der Waals surface area contributed by atoms with E-state index in [2.05, 4.69) is 0 Å². The molecular formula is C23H25FN4O. The SMILES string of the molecule is NC(CC(=O)N1CCC[C@H]1c1ccn(-c2ccccc2)n1)Cc1ccccc1F. The van der Waals surface area contributed by atoms with Crippen LogP contribution < -0.4 is 5.73 Å². The Labute approximate surface area is 169 Å². The highest BCUT2D eigenvalue weighted by Crippen LogP contribution is 2.32. The van der Waals surface area contributed by atoms with Crippen LogP contribution in [0.1, 0.15) is 36.6 Å². The molecule has 4 rings (SSSR count). The molecule has 5 nitrogen and oxygen atoms in total. The van der Waals surface area contributed by atoms with E-state index in [1.165, 1.54) is 6.07 Å². The van der Waals surface area contributed by atoms with Crippen LogP contribution in [-0.2, 0) is 11.2 Å². The van der Waals surface area contributed by atoms with Crippen molar-refractivity contribution in [1.82, 2.24) is 14.7 Å². The molecule has 0 spiro atoms. The van der Waals surface area contributed by atoms with E-state index in [1.54, 1.807) is 18.2 Å². The molecule has 1 fully saturated rings. The van der Waals surface area contributed by atoms with E-state index in [9.17, 15) is 9.18 Å². The van der Waals surface area contributed by atoms with Crippen LogP contribution >= 0.6 is 0 Å². The van der Waals surface area contributed by atoms with E-state index in [0.717, 1.165) is 24.2 Å². The summed E-state index contributed by atoms with van der Waals surface area (Å²) in [7, 11) is 0. The minimum atomic E-state index is -0.414. The van der Waals surface area contributed by atoms with Gasteiger partial charge in [-0.05, 0) is 49.1 Å². The quantitative estimate of drug-likeness (QED) is 0.697. The zero-order valence-electron chi connectivity index (χ0n) is 16.2. The summed E-state index contributed by atoms with van der Waals surface area (Å²) in [4.78, 5) is 14.8. The lowest BCUT2D eigenvalue weighted by atomic mass is 10.0. The smallest absolute Gasteiger partial charge is 0.224 e. The molecule has 6 heteroatoms. The zero-order chi connectivity index (χ0) is 20.2. The first-order valence-electron chi connectivity index (χ1n) is 10.0. The number of carbonyl (C=O) groups is 1. The number of benzene rings is 2. The third kappa shape index (κ3) is 4.38. The molecule has 1 saturated heterocycles. The fourth-order valence-electron chi connectivity index (χ4n) is 3.97. The number of rotatable bonds is 6. The van der Waals surface area contributed by atoms with Crippen LogP contribution in [0.4, 0.5) is 4.39 Å². The Morgan fingerprint density at radius 2 is 1.90 bits per heavy atom. The molecule has 0 aliphatic carbocycles. The summed E-state index contributed by atoms with van der Waals surface area (Å²) < 4.78 is 15.7. The molecule has 0 saturated carbocycles. The first-order chi connectivity index (χ1) is 14.1. The first kappa shape index (κ1) is 19.3. The van der Waals surface area contributed by atoms with Gasteiger partial charge in [-0.15, -0.1) is 0 Å². The molecule has 0 radical (unpaired) electrons. The highest BCUT2D eigenvalue weighted by molar-refractivity contribution is 5.77. The van der Waals surface area contributed by atoms with Crippen molar-refractivity contribution in [2.45, 2.75) is 37.8 Å². The normalized spacial score (nSPS) is 17.4. The van der Waals surface area contributed by atoms with Gasteiger partial charge >= 0.3 is 0 Å². The van der Waals surface area contributed by atoms with Gasteiger partial charge in [-0.25, -0.2) is 9.07 Å². The van der Waals surface area contributed by atoms with E-state index >= 15 is 0 Å². The molecule has 1 aliphatic heterocycles. The van der Waals surface area contributed by atoms with Crippen molar-refractivity contribution in [1.29, 1.82) is 0 Å². The van der Waals surface area contributed by atoms with Crippen LogP contribution in [-0.4, -0.2) is 33.2 Å². The van der Waals surface area contributed by atoms with Gasteiger partial charge in [0, 0.05) is 25.2 Å². The molecule has 2 aromatic carbocycles. The summed E-state index contributed by atoms with van der Waals surface area (Å²) in [6, 6.07) is 18.0. The second kappa shape index (κ2) is 8.57. The van der Waals surface area contributed by atoms with Crippen molar-refractivity contribution < 1.29 is 9.18 Å². The number of amides is 1. The van der Waals surface area contributed by atoms with Gasteiger partial charge in [0.15, 0.2) is 0 Å². The molecule has 1 aliphatic rings. The van der Waals surface area contributed by atoms with E-state index in [0.29, 0.717) is 18.5 Å². The van der Waals surface area contributed by atoms with Gasteiger partial charge in [0.1, 0.15) is 5.82 Å². The van der Waals surface area contributed by atoms with Crippen molar-refractivity contribution in [3.63, 3.8) is 0 Å². The Morgan fingerprint density at radius 1 is 1.14 bits per heavy atom. The summed E-state index contributed by atoms with van der Waals surface area (Å²) in [5, 5.41) is 4.70. The lowest BCUT2D eigenvalue weighted by Gasteiger charge is -2.25. The largest absolute Gasteiger partial charge is 0.334 e. The average molecular weight is 392 g/mol. The molecular weight excluding hydrogens is 367 g/mol. The number of carbonyl (C=O) groups excluding carboxylic acids is 1. The fraction of sp³-hybridized carbons (Fsp3) is 0.304. The molecule has 29 heavy (non-hydrogen) atoms. The number of nitrogens with two attached hydrogens (primary N) is 1. The molecule has 2 heterocycles. The topological polar surface area (TPSA) is 64.2 Å². The predicted molar refractivity (Wildman–Crippen MR) is 110 cm³/mol. The summed E-state index contributed by atoms with van der Waals surface area (Å²) >= 11 is 0. The van der Waals surface area contributed by atoms with Gasteiger partial charge in [-0.2, -0.15) is 5.10 Å². The van der Waals surface area contributed by atoms with E-state index in [1.807, 2.05) is 52.2 Å². The van der Waals surface area contributed by atoms with Crippen LogP contribution in [0.15, 0.2) is 66.9 Å². The Balaban J connectivity index is 1.42. The van der Waals surface area contributed by atoms with E-state index in [-0.39, 0.29) is 24.2 Å². The second-order valence-electron chi connectivity index (χ2n) is 7.53. The first-order valence-corrected chi connectivity index (χ1v) is 10.0. The minimum absolute atomic E-state index is 0.00519. The van der Waals surface area contributed by atoms with Crippen LogP contribution in [0.5, 0.6) is 0 Å². The third-order valence-electron chi connectivity index (χ3n) is 5.42. The lowest BCUT2D eigenvalue weighted by Crippen LogP contribution is -2.36. The van der Waals surface area contributed by atoms with Crippen LogP contribution in [0.25, 0.3) is 5.69 Å². The number of hydrogen-bond donors (Lipinski definition) is 1. The lowest BCUT2D eigenvalue weighted by molar-refractivity contribution is -0.132. The highest BCUT2D eigenvalue weighted by Gasteiger charge is 2.32. The summed E-state index contributed by atoms with van der Waals surface area (Å²) in [5.41, 5.74) is 8.60. The molecule has 1 amide bonds. The summed E-state index contributed by atoms with van der Waals surface area (Å²) in [6.45, 7) is 0.702. The van der Waals surface area contributed by atoms with Crippen molar-refractivity contribution in [3.05, 3.63) is 83.9 Å². The average Bonchev–Trinajstić information content (AvgIpc) is 3.40. The summed E-state index contributed by atoms with van der Waals surface area (Å²) in [5.74, 6) is -0.272. The van der Waals surface area contributed by atoms with E-state index < -0.39 is 6.04 Å². The van der Waals surface area contributed by atoms with Crippen LogP contribution in [0.3, 0.4) is 0 Å². The van der Waals surface area contributed by atoms with Gasteiger partial charge < -0.3 is 10.6 Å². The fourth-order valence-corrected chi connectivity index (χ4v) is 3.97. The third-order valence-corrected chi connectivity index (χ3v) is 5.42. The Bertz CT molecular complexity index is 972. The highest BCUT2D eigenvalue weighted by atomic mass is 19.1. The van der Waals surface area contributed by atoms with Crippen LogP contribution in [0.2, 0.25) is 0 Å². The van der Waals surface area contributed by atoms with Gasteiger partial charge in [-0.3, -0.25) is 4.79 Å². The monoisotopic (exact) mass is 392 g/mol. The van der Waals surface area contributed by atoms with Crippen molar-refractivity contribution in [3.8, 4) is 5.69 Å². The number of aromatic nitrogens is 2. The Kier molecular flexibility index (Phi) is 5.71. The zero-order valence-corrected chi connectivity index (χ0v) is 16.2. The molecule has 150 valence electrons. The Hall–Kier alpha value is -2.99. The van der Waals surface area contributed by atoms with Gasteiger partial charge in [0.25, 0.3) is 0 Å². The van der Waals surface area contributed by atoms with Crippen molar-refractivity contribution in [2.24, 2.45) is 5.73 Å². The van der Waals surface area contributed by atoms with Gasteiger partial charge in [-0.1, -0.05) is 36.4 Å². The molecule has 0 bridgehead atoms. The maximum absolute atomic E-state index is 13.9. The van der Waals surface area contributed by atoms with Crippen LogP contribution in [0, 0.1) is 5.82 Å². The molecule has 3 aromatic rings. The molecule has 2 atom stereocenters. The standard InChI is InChI=1S/C23H25FN4O/c24-20-10-5-4-7-17(20)15-18(25)16-23(29)27-13-6-11-22(27)21-12-14-28(26-21)19-8-2-1-3-9-19/h1-5,7-10,12,14,18,22H,6,11,13,15-16,25H2/t18?,22-/m0/s1. The van der Waals surface area contributed by atoms with Crippen molar-refractivity contribution >= 4 is 5.91 Å². The number of para-hydroxylation sites is 1. The predicted octanol–water partition coefficient (Wildman–Crippen LogP) is 3.64.